The van der Waals surface area contributed by atoms with E-state index < -0.39 is 23.9 Å². The molecule has 2 aliphatic rings. The summed E-state index contributed by atoms with van der Waals surface area (Å²) in [6, 6.07) is 17.5. The minimum Gasteiger partial charge on any atom is -0.493 e. The molecule has 0 saturated carbocycles. The first-order chi connectivity index (χ1) is 26.1. The zero-order chi connectivity index (χ0) is 38.4. The number of esters is 2. The van der Waals surface area contributed by atoms with Gasteiger partial charge in [-0.15, -0.1) is 0 Å². The van der Waals surface area contributed by atoms with E-state index in [0.29, 0.717) is 64.3 Å². The monoisotopic (exact) mass is 739 g/mol. The Hall–Kier alpha value is -6.28. The lowest BCUT2D eigenvalue weighted by atomic mass is 9.98. The molecule has 1 aromatic heterocycles. The highest BCUT2D eigenvalue weighted by atomic mass is 16.8. The van der Waals surface area contributed by atoms with Gasteiger partial charge in [0, 0.05) is 48.6 Å². The Kier molecular flexibility index (Phi) is 11.2. The number of nitrogens with one attached hydrogen (secondary N) is 1. The molecule has 282 valence electrons. The number of likely N-dealkylation sites (tertiary alicyclic amines) is 1. The summed E-state index contributed by atoms with van der Waals surface area (Å²) in [5, 5.41) is 3.06. The van der Waals surface area contributed by atoms with Gasteiger partial charge in [-0.25, -0.2) is 14.5 Å². The molecular formula is C40H41N3O11. The van der Waals surface area contributed by atoms with Crippen LogP contribution in [0.5, 0.6) is 34.5 Å². The molecule has 54 heavy (non-hydrogen) atoms. The van der Waals surface area contributed by atoms with E-state index in [1.54, 1.807) is 53.6 Å². The minimum absolute atomic E-state index is 0.0186. The second kappa shape index (κ2) is 16.2. The van der Waals surface area contributed by atoms with Crippen molar-refractivity contribution in [3.63, 3.8) is 0 Å². The quantitative estimate of drug-likeness (QED) is 0.190. The predicted molar refractivity (Wildman–Crippen MR) is 196 cm³/mol. The molecule has 14 nitrogen and oxygen atoms in total. The van der Waals surface area contributed by atoms with Gasteiger partial charge < -0.3 is 43.2 Å². The van der Waals surface area contributed by atoms with E-state index in [1.807, 2.05) is 18.2 Å². The standard InChI is InChI=1S/C40H41N3O11/c1-47-31-18-27(19-32(48-2)37(31)51-5)25-8-7-9-26(17-25)39(46)42-29-13-15-43(40(22-29)53-35(44)10-11-36(45)54-40)23-24-12-14-41-30(16-24)28-20-33(49-3)38(52-6)34(21-28)50-4/h7-12,14,16-21,29H,13,15,22-23H2,1-6H3,(H,42,46). The first-order valence-electron chi connectivity index (χ1n) is 17.0. The van der Waals surface area contributed by atoms with Crippen LogP contribution in [0.15, 0.2) is 79.0 Å². The van der Waals surface area contributed by atoms with Crippen molar-refractivity contribution in [3.8, 4) is 56.9 Å². The molecule has 1 fully saturated rings. The van der Waals surface area contributed by atoms with Crippen molar-refractivity contribution >= 4 is 17.8 Å². The number of nitrogens with zero attached hydrogens (tertiary/aromatic N) is 2. The molecule has 3 heterocycles. The number of rotatable bonds is 12. The molecule has 1 unspecified atom stereocenters. The largest absolute Gasteiger partial charge is 0.493 e. The first-order valence-corrected chi connectivity index (χ1v) is 17.0. The average molecular weight is 740 g/mol. The summed E-state index contributed by atoms with van der Waals surface area (Å²) in [7, 11) is 9.21. The molecule has 3 aromatic carbocycles. The van der Waals surface area contributed by atoms with Crippen LogP contribution in [0.25, 0.3) is 22.4 Å². The van der Waals surface area contributed by atoms with Crippen LogP contribution in [-0.2, 0) is 25.6 Å². The van der Waals surface area contributed by atoms with Crippen LogP contribution in [-0.4, -0.2) is 88.9 Å². The minimum atomic E-state index is -1.80. The van der Waals surface area contributed by atoms with Crippen molar-refractivity contribution in [2.75, 3.05) is 49.2 Å². The highest BCUT2D eigenvalue weighted by Crippen LogP contribution is 2.43. The Morgan fingerprint density at radius 2 is 1.33 bits per heavy atom. The zero-order valence-electron chi connectivity index (χ0n) is 30.8. The lowest BCUT2D eigenvalue weighted by Crippen LogP contribution is -2.61. The molecular weight excluding hydrogens is 698 g/mol. The van der Waals surface area contributed by atoms with Crippen LogP contribution in [0, 0.1) is 0 Å². The highest BCUT2D eigenvalue weighted by molar-refractivity contribution is 5.96. The predicted octanol–water partition coefficient (Wildman–Crippen LogP) is 5.17. The van der Waals surface area contributed by atoms with Crippen molar-refractivity contribution in [3.05, 3.63) is 90.1 Å². The lowest BCUT2D eigenvalue weighted by Gasteiger charge is -2.46. The maximum atomic E-state index is 13.7. The summed E-state index contributed by atoms with van der Waals surface area (Å²) in [6.45, 7) is 0.525. The number of aromatic nitrogens is 1. The molecule has 2 aliphatic heterocycles. The Morgan fingerprint density at radius 3 is 1.89 bits per heavy atom. The van der Waals surface area contributed by atoms with E-state index in [1.165, 1.54) is 42.7 Å². The molecule has 1 N–H and O–H groups in total. The number of hydrogen-bond acceptors (Lipinski definition) is 13. The number of carbonyl (C=O) groups excluding carboxylic acids is 3. The van der Waals surface area contributed by atoms with Crippen LogP contribution in [0.4, 0.5) is 0 Å². The third kappa shape index (κ3) is 7.74. The van der Waals surface area contributed by atoms with Crippen molar-refractivity contribution in [1.82, 2.24) is 15.2 Å². The average Bonchev–Trinajstić information content (AvgIpc) is 3.34. The highest BCUT2D eigenvalue weighted by Gasteiger charge is 2.50. The number of hydrogen-bond donors (Lipinski definition) is 1. The van der Waals surface area contributed by atoms with Gasteiger partial charge in [-0.1, -0.05) is 12.1 Å². The van der Waals surface area contributed by atoms with Gasteiger partial charge in [0.05, 0.1) is 54.8 Å². The molecule has 6 rings (SSSR count). The van der Waals surface area contributed by atoms with Crippen molar-refractivity contribution < 1.29 is 52.3 Å². The molecule has 0 radical (unpaired) electrons. The number of methoxy groups -OCH3 is 6. The Bertz CT molecular complexity index is 2010. The van der Waals surface area contributed by atoms with Gasteiger partial charge in [0.2, 0.25) is 11.5 Å². The van der Waals surface area contributed by atoms with Crippen LogP contribution < -0.4 is 33.7 Å². The summed E-state index contributed by atoms with van der Waals surface area (Å²) in [4.78, 5) is 45.8. The van der Waals surface area contributed by atoms with Crippen LogP contribution in [0.2, 0.25) is 0 Å². The van der Waals surface area contributed by atoms with E-state index >= 15 is 0 Å². The van der Waals surface area contributed by atoms with Crippen LogP contribution >= 0.6 is 0 Å². The summed E-state index contributed by atoms with van der Waals surface area (Å²) >= 11 is 0. The molecule has 1 atom stereocenters. The summed E-state index contributed by atoms with van der Waals surface area (Å²) in [5.74, 6) is -0.847. The molecule has 4 aromatic rings. The molecule has 0 aliphatic carbocycles. The van der Waals surface area contributed by atoms with Gasteiger partial charge in [-0.3, -0.25) is 9.78 Å². The van der Waals surface area contributed by atoms with E-state index in [0.717, 1.165) is 28.8 Å². The van der Waals surface area contributed by atoms with E-state index in [-0.39, 0.29) is 18.9 Å². The van der Waals surface area contributed by atoms with Gasteiger partial charge >= 0.3 is 17.8 Å². The molecule has 1 saturated heterocycles. The first kappa shape index (κ1) is 37.5. The van der Waals surface area contributed by atoms with Crippen molar-refractivity contribution in [2.45, 2.75) is 31.3 Å². The Labute approximate surface area is 312 Å². The van der Waals surface area contributed by atoms with Crippen LogP contribution in [0.1, 0.15) is 28.8 Å². The Morgan fingerprint density at radius 1 is 0.759 bits per heavy atom. The maximum Gasteiger partial charge on any atom is 0.335 e. The van der Waals surface area contributed by atoms with E-state index in [4.69, 9.17) is 37.9 Å². The summed E-state index contributed by atoms with van der Waals surface area (Å²) < 4.78 is 44.7. The van der Waals surface area contributed by atoms with Crippen LogP contribution in [0.3, 0.4) is 0 Å². The normalized spacial score (nSPS) is 16.4. The Balaban J connectivity index is 1.24. The fraction of sp³-hybridized carbons (Fsp3) is 0.300. The molecule has 14 heteroatoms. The fourth-order valence-corrected chi connectivity index (χ4v) is 6.64. The third-order valence-electron chi connectivity index (χ3n) is 9.23. The zero-order valence-corrected chi connectivity index (χ0v) is 30.8. The van der Waals surface area contributed by atoms with Gasteiger partial charge in [-0.2, -0.15) is 0 Å². The smallest absolute Gasteiger partial charge is 0.335 e. The SMILES string of the molecule is COc1cc(-c2cccc(C(=O)NC3CCN(Cc4ccnc(-c5cc(OC)c(OC)c(OC)c5)c4)C4(C3)OC(=O)C=CC(=O)O4)c2)cc(OC)c1OC. The van der Waals surface area contributed by atoms with Gasteiger partial charge in [0.1, 0.15) is 0 Å². The van der Waals surface area contributed by atoms with Crippen molar-refractivity contribution in [2.24, 2.45) is 0 Å². The number of pyridine rings is 1. The summed E-state index contributed by atoms with van der Waals surface area (Å²) in [5.41, 5.74) is 4.02. The van der Waals surface area contributed by atoms with Gasteiger partial charge in [0.25, 0.3) is 5.91 Å². The van der Waals surface area contributed by atoms with Gasteiger partial charge in [-0.05, 0) is 71.6 Å². The van der Waals surface area contributed by atoms with E-state index in [9.17, 15) is 14.4 Å². The molecule has 0 bridgehead atoms. The summed E-state index contributed by atoms with van der Waals surface area (Å²) in [6.07, 6.45) is 4.16. The third-order valence-corrected chi connectivity index (χ3v) is 9.23. The lowest BCUT2D eigenvalue weighted by molar-refractivity contribution is -0.298. The second-order valence-electron chi connectivity index (χ2n) is 12.4. The number of piperidine rings is 1. The number of carbonyl (C=O) groups is 3. The molecule has 1 spiro atoms. The maximum absolute atomic E-state index is 13.7. The number of benzene rings is 3. The topological polar surface area (TPSA) is 153 Å². The second-order valence-corrected chi connectivity index (χ2v) is 12.4. The van der Waals surface area contributed by atoms with Gasteiger partial charge in [0.15, 0.2) is 23.0 Å². The molecule has 1 amide bonds. The number of ether oxygens (including phenoxy) is 8. The fourth-order valence-electron chi connectivity index (χ4n) is 6.64. The van der Waals surface area contributed by atoms with E-state index in [2.05, 4.69) is 10.3 Å². The number of amides is 1. The van der Waals surface area contributed by atoms with Crippen molar-refractivity contribution in [1.29, 1.82) is 0 Å².